The highest BCUT2D eigenvalue weighted by molar-refractivity contribution is 6.31. The lowest BCUT2D eigenvalue weighted by Crippen LogP contribution is -2.31. The van der Waals surface area contributed by atoms with Gasteiger partial charge in [-0.05, 0) is 48.7 Å². The molecule has 1 aliphatic heterocycles. The minimum atomic E-state index is -0.468. The molecule has 1 aliphatic rings. The summed E-state index contributed by atoms with van der Waals surface area (Å²) in [4.78, 5) is 14.9. The predicted octanol–water partition coefficient (Wildman–Crippen LogP) is 4.03. The Morgan fingerprint density at radius 1 is 1.27 bits per heavy atom. The van der Waals surface area contributed by atoms with Gasteiger partial charge in [0.1, 0.15) is 22.9 Å². The minimum Gasteiger partial charge on any atom is -0.508 e. The molecule has 0 saturated heterocycles. The Hall–Kier alpha value is -3.03. The summed E-state index contributed by atoms with van der Waals surface area (Å²) >= 11 is 6.30. The Labute approximate surface area is 178 Å². The lowest BCUT2D eigenvalue weighted by atomic mass is 9.95. The molecule has 0 saturated carbocycles. The normalized spacial score (nSPS) is 15.6. The highest BCUT2D eigenvalue weighted by Gasteiger charge is 2.42. The van der Waals surface area contributed by atoms with E-state index in [1.54, 1.807) is 49.3 Å². The van der Waals surface area contributed by atoms with E-state index in [-0.39, 0.29) is 17.4 Å². The van der Waals surface area contributed by atoms with Gasteiger partial charge in [0.15, 0.2) is 0 Å². The first kappa shape index (κ1) is 20.3. The number of carbonyl (C=O) groups excluding carboxylic acids is 1. The Bertz CT molecular complexity index is 1110. The van der Waals surface area contributed by atoms with Crippen molar-refractivity contribution in [1.29, 1.82) is 0 Å². The van der Waals surface area contributed by atoms with Crippen LogP contribution in [0.1, 0.15) is 39.6 Å². The van der Waals surface area contributed by atoms with E-state index in [2.05, 4.69) is 10.2 Å². The summed E-state index contributed by atoms with van der Waals surface area (Å²) in [5, 5.41) is 28.3. The van der Waals surface area contributed by atoms with Crippen molar-refractivity contribution in [2.75, 3.05) is 20.3 Å². The number of H-pyrrole nitrogens is 1. The second-order valence-corrected chi connectivity index (χ2v) is 7.73. The molecule has 7 nitrogen and oxygen atoms in total. The highest BCUT2D eigenvalue weighted by Crippen LogP contribution is 2.45. The van der Waals surface area contributed by atoms with Crippen LogP contribution in [0.25, 0.3) is 11.3 Å². The molecule has 0 fully saturated rings. The number of nitrogens with zero attached hydrogens (tertiary/aromatic N) is 2. The van der Waals surface area contributed by atoms with Crippen LogP contribution >= 0.6 is 11.6 Å². The molecule has 2 heterocycles. The summed E-state index contributed by atoms with van der Waals surface area (Å²) in [5.41, 5.74) is 3.41. The smallest absolute Gasteiger partial charge is 0.273 e. The molecule has 156 valence electrons. The number of ether oxygens (including phenoxy) is 1. The Morgan fingerprint density at radius 2 is 2.07 bits per heavy atom. The van der Waals surface area contributed by atoms with Crippen LogP contribution in [0.2, 0.25) is 5.02 Å². The third kappa shape index (κ3) is 3.40. The quantitative estimate of drug-likeness (QED) is 0.516. The number of nitrogens with one attached hydrogen (secondary N) is 1. The number of phenols is 2. The lowest BCUT2D eigenvalue weighted by Gasteiger charge is -2.26. The summed E-state index contributed by atoms with van der Waals surface area (Å²) in [6.07, 6.45) is 0.659. The van der Waals surface area contributed by atoms with Crippen LogP contribution in [0.4, 0.5) is 0 Å². The van der Waals surface area contributed by atoms with Crippen LogP contribution in [-0.4, -0.2) is 51.5 Å². The summed E-state index contributed by atoms with van der Waals surface area (Å²) in [7, 11) is 1.62. The van der Waals surface area contributed by atoms with Gasteiger partial charge in [-0.15, -0.1) is 0 Å². The number of aromatic nitrogens is 2. The fraction of sp³-hybridized carbons (Fsp3) is 0.273. The Morgan fingerprint density at radius 3 is 2.80 bits per heavy atom. The highest BCUT2D eigenvalue weighted by atomic mass is 35.5. The van der Waals surface area contributed by atoms with Crippen molar-refractivity contribution in [3.63, 3.8) is 0 Å². The average molecular weight is 428 g/mol. The maximum atomic E-state index is 13.2. The molecule has 8 heteroatoms. The molecule has 1 atom stereocenters. The molecule has 0 radical (unpaired) electrons. The van der Waals surface area contributed by atoms with Gasteiger partial charge < -0.3 is 19.8 Å². The standard InChI is InChI=1S/C22H22ClN3O4/c1-12-9-17(28)15(11-16(12)23)19-18-20(25-24-19)22(29)26(7-4-8-30-2)21(18)13-5-3-6-14(27)10-13/h3,5-6,9-11,21,27-28H,4,7-8H2,1-2H3,(H,24,25)/t21-/m0/s1. The Balaban J connectivity index is 1.87. The number of fused-ring (bicyclic) bond motifs is 1. The molecule has 0 bridgehead atoms. The van der Waals surface area contributed by atoms with Gasteiger partial charge in [-0.2, -0.15) is 5.10 Å². The van der Waals surface area contributed by atoms with Crippen LogP contribution in [0.5, 0.6) is 11.5 Å². The van der Waals surface area contributed by atoms with Gasteiger partial charge in [0.05, 0.1) is 6.04 Å². The van der Waals surface area contributed by atoms with Crippen LogP contribution < -0.4 is 0 Å². The molecule has 4 rings (SSSR count). The van der Waals surface area contributed by atoms with Crippen molar-refractivity contribution in [3.8, 4) is 22.8 Å². The zero-order valence-electron chi connectivity index (χ0n) is 16.6. The molecule has 3 N–H and O–H groups in total. The van der Waals surface area contributed by atoms with Gasteiger partial charge in [0.2, 0.25) is 0 Å². The molecular weight excluding hydrogens is 406 g/mol. The van der Waals surface area contributed by atoms with Gasteiger partial charge in [-0.3, -0.25) is 9.89 Å². The topological polar surface area (TPSA) is 98.7 Å². The third-order valence-electron chi connectivity index (χ3n) is 5.33. The molecular formula is C22H22ClN3O4. The van der Waals surface area contributed by atoms with Crippen molar-refractivity contribution < 1.29 is 19.7 Å². The molecule has 0 spiro atoms. The van der Waals surface area contributed by atoms with Crippen LogP contribution in [0.3, 0.4) is 0 Å². The Kier molecular flexibility index (Phi) is 5.40. The molecule has 2 aromatic carbocycles. The van der Waals surface area contributed by atoms with E-state index in [4.69, 9.17) is 16.3 Å². The van der Waals surface area contributed by atoms with Crippen molar-refractivity contribution in [2.24, 2.45) is 0 Å². The van der Waals surface area contributed by atoms with E-state index in [0.717, 1.165) is 11.1 Å². The van der Waals surface area contributed by atoms with Gasteiger partial charge in [0.25, 0.3) is 5.91 Å². The number of aromatic amines is 1. The van der Waals surface area contributed by atoms with E-state index in [9.17, 15) is 15.0 Å². The zero-order valence-corrected chi connectivity index (χ0v) is 17.4. The molecule has 30 heavy (non-hydrogen) atoms. The monoisotopic (exact) mass is 427 g/mol. The second-order valence-electron chi connectivity index (χ2n) is 7.32. The van der Waals surface area contributed by atoms with Gasteiger partial charge in [-0.1, -0.05) is 23.7 Å². The number of phenolic OH excluding ortho intramolecular Hbond substituents is 2. The second kappa shape index (κ2) is 8.01. The first-order valence-electron chi connectivity index (χ1n) is 9.59. The number of amides is 1. The number of hydrogen-bond donors (Lipinski definition) is 3. The number of aromatic hydroxyl groups is 2. The summed E-state index contributed by atoms with van der Waals surface area (Å²) < 4.78 is 5.14. The SMILES string of the molecule is COCCCN1C(=O)c2[nH]nc(-c3cc(Cl)c(C)cc3O)c2[C@@H]1c1cccc(O)c1. The van der Waals surface area contributed by atoms with Crippen molar-refractivity contribution in [1.82, 2.24) is 15.1 Å². The van der Waals surface area contributed by atoms with Gasteiger partial charge >= 0.3 is 0 Å². The minimum absolute atomic E-state index is 0.0335. The van der Waals surface area contributed by atoms with Crippen LogP contribution in [0, 0.1) is 6.92 Å². The molecule has 3 aromatic rings. The van der Waals surface area contributed by atoms with E-state index < -0.39 is 6.04 Å². The number of benzene rings is 2. The fourth-order valence-electron chi connectivity index (χ4n) is 3.91. The number of aryl methyl sites for hydroxylation is 1. The fourth-order valence-corrected chi connectivity index (χ4v) is 4.07. The van der Waals surface area contributed by atoms with E-state index in [0.29, 0.717) is 47.1 Å². The summed E-state index contributed by atoms with van der Waals surface area (Å²) in [6, 6.07) is 9.57. The van der Waals surface area contributed by atoms with Gasteiger partial charge in [0, 0.05) is 36.4 Å². The third-order valence-corrected chi connectivity index (χ3v) is 5.74. The van der Waals surface area contributed by atoms with E-state index in [1.165, 1.54) is 0 Å². The van der Waals surface area contributed by atoms with Crippen molar-refractivity contribution in [2.45, 2.75) is 19.4 Å². The number of halogens is 1. The zero-order chi connectivity index (χ0) is 21.4. The van der Waals surface area contributed by atoms with E-state index >= 15 is 0 Å². The van der Waals surface area contributed by atoms with Crippen molar-refractivity contribution >= 4 is 17.5 Å². The number of hydrogen-bond acceptors (Lipinski definition) is 5. The van der Waals surface area contributed by atoms with Gasteiger partial charge in [-0.25, -0.2) is 0 Å². The van der Waals surface area contributed by atoms with Crippen molar-refractivity contribution in [3.05, 3.63) is 63.8 Å². The largest absolute Gasteiger partial charge is 0.508 e. The summed E-state index contributed by atoms with van der Waals surface area (Å²) in [5.74, 6) is -0.0476. The van der Waals surface area contributed by atoms with Crippen LogP contribution in [-0.2, 0) is 4.74 Å². The van der Waals surface area contributed by atoms with E-state index in [1.807, 2.05) is 6.07 Å². The average Bonchev–Trinajstić information content (AvgIpc) is 3.24. The van der Waals surface area contributed by atoms with Crippen LogP contribution in [0.15, 0.2) is 36.4 Å². The molecule has 0 aliphatic carbocycles. The number of carbonyl (C=O) groups is 1. The summed E-state index contributed by atoms with van der Waals surface area (Å²) in [6.45, 7) is 2.79. The molecule has 1 aromatic heterocycles. The first-order chi connectivity index (χ1) is 14.4. The predicted molar refractivity (Wildman–Crippen MR) is 113 cm³/mol. The number of rotatable bonds is 6. The number of methoxy groups -OCH3 is 1. The molecule has 0 unspecified atom stereocenters. The first-order valence-corrected chi connectivity index (χ1v) is 9.96. The lowest BCUT2D eigenvalue weighted by molar-refractivity contribution is 0.0723. The molecule has 1 amide bonds. The maximum absolute atomic E-state index is 13.2. The maximum Gasteiger partial charge on any atom is 0.273 e.